The van der Waals surface area contributed by atoms with Gasteiger partial charge in [0.15, 0.2) is 0 Å². The Balaban J connectivity index is 0.00000121. The van der Waals surface area contributed by atoms with Gasteiger partial charge < -0.3 is 11.2 Å². The third-order valence-corrected chi connectivity index (χ3v) is 1.84. The minimum Gasteiger partial charge on any atom is -0.412 e. The molecule has 0 radical (unpaired) electrons. The van der Waals surface area contributed by atoms with Crippen LogP contribution in [0.1, 0.15) is 25.0 Å². The van der Waals surface area contributed by atoms with Crippen LogP contribution < -0.4 is 5.73 Å². The third kappa shape index (κ3) is 2.32. The SMILES string of the molecule is Cc1ccccc1C(C)(C)N.O. The fourth-order valence-electron chi connectivity index (χ4n) is 1.30. The second-order valence-electron chi connectivity index (χ2n) is 3.54. The number of hydrogen-bond donors (Lipinski definition) is 1. The molecule has 68 valence electrons. The number of nitrogens with two attached hydrogens (primary N) is 1. The van der Waals surface area contributed by atoms with Gasteiger partial charge in [0.05, 0.1) is 0 Å². The Hall–Kier alpha value is -0.860. The van der Waals surface area contributed by atoms with Gasteiger partial charge in [-0.3, -0.25) is 0 Å². The van der Waals surface area contributed by atoms with Crippen LogP contribution in [0.5, 0.6) is 0 Å². The molecule has 12 heavy (non-hydrogen) atoms. The molecule has 0 aliphatic rings. The average Bonchev–Trinajstić information content (AvgIpc) is 1.86. The first kappa shape index (κ1) is 11.1. The maximum atomic E-state index is 5.96. The lowest BCUT2D eigenvalue weighted by molar-refractivity contribution is 0.551. The van der Waals surface area contributed by atoms with E-state index in [1.165, 1.54) is 11.1 Å². The summed E-state index contributed by atoms with van der Waals surface area (Å²) in [6.07, 6.45) is 0. The normalized spacial score (nSPS) is 10.7. The summed E-state index contributed by atoms with van der Waals surface area (Å²) < 4.78 is 0. The van der Waals surface area contributed by atoms with Crippen molar-refractivity contribution in [3.8, 4) is 0 Å². The van der Waals surface area contributed by atoms with Crippen molar-refractivity contribution < 1.29 is 5.48 Å². The molecule has 1 aromatic rings. The zero-order chi connectivity index (χ0) is 8.48. The van der Waals surface area contributed by atoms with E-state index in [1.807, 2.05) is 26.0 Å². The molecule has 0 aliphatic carbocycles. The summed E-state index contributed by atoms with van der Waals surface area (Å²) in [5.74, 6) is 0. The fourth-order valence-corrected chi connectivity index (χ4v) is 1.30. The van der Waals surface area contributed by atoms with E-state index in [1.54, 1.807) is 0 Å². The standard InChI is InChI=1S/C10H15N.H2O/c1-8-6-4-5-7-9(8)10(2,3)11;/h4-7H,11H2,1-3H3;1H2. The summed E-state index contributed by atoms with van der Waals surface area (Å²) in [7, 11) is 0. The van der Waals surface area contributed by atoms with Gasteiger partial charge >= 0.3 is 0 Å². The molecule has 0 amide bonds. The van der Waals surface area contributed by atoms with E-state index in [0.717, 1.165) is 0 Å². The second kappa shape index (κ2) is 3.70. The van der Waals surface area contributed by atoms with Crippen molar-refractivity contribution in [3.05, 3.63) is 35.4 Å². The molecule has 0 spiro atoms. The number of benzene rings is 1. The lowest BCUT2D eigenvalue weighted by Gasteiger charge is -2.21. The third-order valence-electron chi connectivity index (χ3n) is 1.84. The van der Waals surface area contributed by atoms with Crippen LogP contribution in [-0.2, 0) is 5.54 Å². The van der Waals surface area contributed by atoms with Crippen LogP contribution in [0.3, 0.4) is 0 Å². The molecule has 1 aromatic carbocycles. The van der Waals surface area contributed by atoms with Gasteiger partial charge in [-0.2, -0.15) is 0 Å². The lowest BCUT2D eigenvalue weighted by atomic mass is 9.92. The van der Waals surface area contributed by atoms with Crippen LogP contribution in [0.4, 0.5) is 0 Å². The van der Waals surface area contributed by atoms with E-state index >= 15 is 0 Å². The van der Waals surface area contributed by atoms with Gasteiger partial charge in [-0.1, -0.05) is 24.3 Å². The molecule has 1 rings (SSSR count). The maximum absolute atomic E-state index is 5.96. The van der Waals surface area contributed by atoms with Crippen molar-refractivity contribution in [3.63, 3.8) is 0 Å². The monoisotopic (exact) mass is 167 g/mol. The molecule has 0 aromatic heterocycles. The molecule has 0 saturated carbocycles. The first-order valence-corrected chi connectivity index (χ1v) is 3.87. The van der Waals surface area contributed by atoms with Gasteiger partial charge in [-0.15, -0.1) is 0 Å². The Labute approximate surface area is 73.7 Å². The maximum Gasteiger partial charge on any atom is 0.0355 e. The average molecular weight is 167 g/mol. The van der Waals surface area contributed by atoms with Crippen LogP contribution in [0.2, 0.25) is 0 Å². The highest BCUT2D eigenvalue weighted by atomic mass is 16.0. The Morgan fingerprint density at radius 2 is 1.67 bits per heavy atom. The molecular formula is C10H17NO. The van der Waals surface area contributed by atoms with Crippen molar-refractivity contribution in [2.24, 2.45) is 5.73 Å². The second-order valence-corrected chi connectivity index (χ2v) is 3.54. The van der Waals surface area contributed by atoms with Crippen LogP contribution in [0, 0.1) is 6.92 Å². The Bertz CT molecular complexity index is 250. The molecule has 0 fully saturated rings. The zero-order valence-corrected chi connectivity index (χ0v) is 7.89. The Morgan fingerprint density at radius 1 is 1.17 bits per heavy atom. The predicted molar refractivity (Wildman–Crippen MR) is 52.0 cm³/mol. The molecular weight excluding hydrogens is 150 g/mol. The van der Waals surface area contributed by atoms with Crippen molar-refractivity contribution >= 4 is 0 Å². The Morgan fingerprint density at radius 3 is 2.00 bits per heavy atom. The van der Waals surface area contributed by atoms with Crippen LogP contribution >= 0.6 is 0 Å². The van der Waals surface area contributed by atoms with Gasteiger partial charge in [0, 0.05) is 5.54 Å². The summed E-state index contributed by atoms with van der Waals surface area (Å²) in [5, 5.41) is 0. The summed E-state index contributed by atoms with van der Waals surface area (Å²) >= 11 is 0. The molecule has 2 heteroatoms. The molecule has 0 unspecified atom stereocenters. The first-order valence-electron chi connectivity index (χ1n) is 3.87. The smallest absolute Gasteiger partial charge is 0.0355 e. The van der Waals surface area contributed by atoms with Crippen molar-refractivity contribution in [2.45, 2.75) is 26.3 Å². The molecule has 0 saturated heterocycles. The lowest BCUT2D eigenvalue weighted by Crippen LogP contribution is -2.29. The topological polar surface area (TPSA) is 57.5 Å². The van der Waals surface area contributed by atoms with Crippen molar-refractivity contribution in [1.29, 1.82) is 0 Å². The quantitative estimate of drug-likeness (QED) is 0.674. The predicted octanol–water partition coefficient (Wildman–Crippen LogP) is 1.36. The highest BCUT2D eigenvalue weighted by Crippen LogP contribution is 2.19. The molecule has 4 N–H and O–H groups in total. The Kier molecular flexibility index (Phi) is 3.43. The molecule has 2 nitrogen and oxygen atoms in total. The van der Waals surface area contributed by atoms with Gasteiger partial charge in [-0.05, 0) is 31.9 Å². The molecule has 0 atom stereocenters. The van der Waals surface area contributed by atoms with E-state index in [2.05, 4.69) is 19.1 Å². The van der Waals surface area contributed by atoms with E-state index in [-0.39, 0.29) is 11.0 Å². The van der Waals surface area contributed by atoms with E-state index in [9.17, 15) is 0 Å². The minimum atomic E-state index is -0.217. The van der Waals surface area contributed by atoms with Gasteiger partial charge in [0.1, 0.15) is 0 Å². The van der Waals surface area contributed by atoms with Crippen molar-refractivity contribution in [1.82, 2.24) is 0 Å². The largest absolute Gasteiger partial charge is 0.412 e. The van der Waals surface area contributed by atoms with Crippen molar-refractivity contribution in [2.75, 3.05) is 0 Å². The molecule has 0 heterocycles. The van der Waals surface area contributed by atoms with E-state index in [0.29, 0.717) is 0 Å². The highest BCUT2D eigenvalue weighted by molar-refractivity contribution is 5.30. The van der Waals surface area contributed by atoms with Gasteiger partial charge in [0.25, 0.3) is 0 Å². The summed E-state index contributed by atoms with van der Waals surface area (Å²) in [6, 6.07) is 8.22. The van der Waals surface area contributed by atoms with Crippen LogP contribution in [0.25, 0.3) is 0 Å². The number of aryl methyl sites for hydroxylation is 1. The fraction of sp³-hybridized carbons (Fsp3) is 0.400. The first-order chi connectivity index (χ1) is 5.02. The molecule has 0 aliphatic heterocycles. The van der Waals surface area contributed by atoms with E-state index in [4.69, 9.17) is 5.73 Å². The summed E-state index contributed by atoms with van der Waals surface area (Å²) in [6.45, 7) is 6.13. The minimum absolute atomic E-state index is 0. The van der Waals surface area contributed by atoms with Crippen LogP contribution in [0.15, 0.2) is 24.3 Å². The number of hydrogen-bond acceptors (Lipinski definition) is 1. The van der Waals surface area contributed by atoms with E-state index < -0.39 is 0 Å². The molecule has 0 bridgehead atoms. The summed E-state index contributed by atoms with van der Waals surface area (Å²) in [4.78, 5) is 0. The van der Waals surface area contributed by atoms with Gasteiger partial charge in [-0.25, -0.2) is 0 Å². The van der Waals surface area contributed by atoms with Crippen LogP contribution in [-0.4, -0.2) is 5.48 Å². The summed E-state index contributed by atoms with van der Waals surface area (Å²) in [5.41, 5.74) is 8.23. The highest BCUT2D eigenvalue weighted by Gasteiger charge is 2.14. The number of rotatable bonds is 1. The zero-order valence-electron chi connectivity index (χ0n) is 7.89. The van der Waals surface area contributed by atoms with Gasteiger partial charge in [0.2, 0.25) is 0 Å².